The predicted octanol–water partition coefficient (Wildman–Crippen LogP) is 15.0. The smallest absolute Gasteiger partial charge is 0.184 e. The molecule has 0 saturated heterocycles. The second-order valence-corrected chi connectivity index (χ2v) is 21.4. The summed E-state index contributed by atoms with van der Waals surface area (Å²) in [6.45, 7) is 0. The molecular weight excluding hydrogens is 849 g/mol. The third-order valence-corrected chi connectivity index (χ3v) is 18.6. The van der Waals surface area contributed by atoms with Crippen molar-refractivity contribution in [3.05, 3.63) is 291 Å². The zero-order valence-corrected chi connectivity index (χ0v) is 39.1. The number of hydrogen-bond donors (Lipinski definition) is 0. The van der Waals surface area contributed by atoms with Gasteiger partial charge in [0.1, 0.15) is 0 Å². The van der Waals surface area contributed by atoms with E-state index in [1.807, 2.05) is 0 Å². The Morgan fingerprint density at radius 2 is 0.667 bits per heavy atom. The van der Waals surface area contributed by atoms with Crippen molar-refractivity contribution >= 4 is 62.9 Å². The van der Waals surface area contributed by atoms with Gasteiger partial charge in [-0.2, -0.15) is 0 Å². The zero-order chi connectivity index (χ0) is 46.0. The van der Waals surface area contributed by atoms with Crippen LogP contribution in [0.5, 0.6) is 0 Å². The van der Waals surface area contributed by atoms with Crippen LogP contribution < -0.4 is 30.5 Å². The van der Waals surface area contributed by atoms with Crippen molar-refractivity contribution in [1.29, 1.82) is 0 Å². The minimum absolute atomic E-state index is 1.08. The Hall–Kier alpha value is -8.76. The number of nitrogens with zero attached hydrogens (tertiary/aromatic N) is 2. The molecule has 0 aliphatic carbocycles. The fourth-order valence-corrected chi connectivity index (χ4v) is 15.6. The van der Waals surface area contributed by atoms with E-state index in [9.17, 15) is 0 Å². The van der Waals surface area contributed by atoms with Crippen molar-refractivity contribution < 1.29 is 0 Å². The largest absolute Gasteiger partial charge is 0.311 e. The third-order valence-electron chi connectivity index (χ3n) is 13.8. The van der Waals surface area contributed by atoms with Gasteiger partial charge in [0, 0.05) is 34.0 Å². The molecule has 0 spiro atoms. The molecule has 0 saturated carbocycles. The van der Waals surface area contributed by atoms with Gasteiger partial charge in [-0.1, -0.05) is 237 Å². The van der Waals surface area contributed by atoms with Gasteiger partial charge >= 0.3 is 0 Å². The van der Waals surface area contributed by atoms with Crippen molar-refractivity contribution in [2.75, 3.05) is 9.80 Å². The average molecular weight is 897 g/mol. The SMILES string of the molecule is c1ccc(-c2ccc(-c3ccccc3N(c3ccc(-c4ccccc4)cc3)c3ccc(-c4ccc5c(c4)N(c4ccccc4)c4ccccc4[Si]5(c4ccccc4)c4ccccc4)cc3)cc2)cc1. The van der Waals surface area contributed by atoms with Gasteiger partial charge in [0.05, 0.1) is 5.69 Å². The molecule has 0 atom stereocenters. The number of rotatable bonds is 10. The third kappa shape index (κ3) is 7.56. The number of anilines is 6. The summed E-state index contributed by atoms with van der Waals surface area (Å²) >= 11 is 0. The minimum atomic E-state index is -2.80. The zero-order valence-electron chi connectivity index (χ0n) is 38.1. The number of para-hydroxylation sites is 3. The summed E-state index contributed by atoms with van der Waals surface area (Å²) in [5.41, 5.74) is 16.3. The van der Waals surface area contributed by atoms with Crippen LogP contribution in [0, 0.1) is 0 Å². The first-order chi connectivity index (χ1) is 34.2. The first-order valence-electron chi connectivity index (χ1n) is 23.8. The summed E-state index contributed by atoms with van der Waals surface area (Å²) < 4.78 is 0. The Bertz CT molecular complexity index is 3470. The Balaban J connectivity index is 0.995. The molecule has 12 rings (SSSR count). The van der Waals surface area contributed by atoms with E-state index in [1.165, 1.54) is 59.9 Å². The van der Waals surface area contributed by atoms with Crippen LogP contribution in [0.25, 0.3) is 44.5 Å². The molecule has 3 heteroatoms. The van der Waals surface area contributed by atoms with Gasteiger partial charge in [-0.3, -0.25) is 0 Å². The highest BCUT2D eigenvalue weighted by Crippen LogP contribution is 2.44. The normalized spacial score (nSPS) is 12.4. The van der Waals surface area contributed by atoms with Crippen molar-refractivity contribution in [2.24, 2.45) is 0 Å². The van der Waals surface area contributed by atoms with E-state index < -0.39 is 8.07 Å². The standard InChI is InChI=1S/C66H48N2Si/c1-6-20-49(21-7-1)51-34-36-54(37-35-51)61-30-16-17-31-62(61)67(57-43-38-52(39-44-57)50-22-8-2-9-23-50)58-45-40-53(41-46-58)55-42-47-66-64(48-55)68(56-24-10-3-11-25-56)63-32-18-19-33-65(63)69(66,59-26-12-4-13-27-59)60-28-14-5-15-29-60/h1-48H. The molecule has 0 unspecified atom stereocenters. The first-order valence-corrected chi connectivity index (χ1v) is 25.8. The van der Waals surface area contributed by atoms with E-state index in [0.29, 0.717) is 0 Å². The quantitative estimate of drug-likeness (QED) is 0.126. The molecular formula is C66H48N2Si. The second-order valence-electron chi connectivity index (χ2n) is 17.7. The summed E-state index contributed by atoms with van der Waals surface area (Å²) in [5, 5.41) is 5.51. The molecule has 0 fully saturated rings. The van der Waals surface area contributed by atoms with E-state index in [4.69, 9.17) is 0 Å². The molecule has 0 amide bonds. The van der Waals surface area contributed by atoms with E-state index in [1.54, 1.807) is 0 Å². The molecule has 0 aromatic heterocycles. The van der Waals surface area contributed by atoms with E-state index in [0.717, 1.165) is 39.4 Å². The van der Waals surface area contributed by atoms with Gasteiger partial charge in [-0.15, -0.1) is 0 Å². The summed E-state index contributed by atoms with van der Waals surface area (Å²) in [4.78, 5) is 4.89. The van der Waals surface area contributed by atoms with E-state index in [-0.39, 0.29) is 0 Å². The van der Waals surface area contributed by atoms with Crippen LogP contribution in [0.4, 0.5) is 34.1 Å². The van der Waals surface area contributed by atoms with Crippen LogP contribution in [0.1, 0.15) is 0 Å². The lowest BCUT2D eigenvalue weighted by molar-refractivity contribution is 1.28. The van der Waals surface area contributed by atoms with Crippen LogP contribution in [-0.2, 0) is 0 Å². The lowest BCUT2D eigenvalue weighted by Gasteiger charge is -2.45. The van der Waals surface area contributed by atoms with Crippen LogP contribution in [-0.4, -0.2) is 8.07 Å². The summed E-state index contributed by atoms with van der Waals surface area (Å²) in [7, 11) is -2.80. The van der Waals surface area contributed by atoms with E-state index in [2.05, 4.69) is 301 Å². The Labute approximate surface area is 406 Å². The van der Waals surface area contributed by atoms with Gasteiger partial charge in [-0.25, -0.2) is 0 Å². The van der Waals surface area contributed by atoms with E-state index >= 15 is 0 Å². The molecule has 1 aliphatic rings. The fourth-order valence-electron chi connectivity index (χ4n) is 10.5. The van der Waals surface area contributed by atoms with Gasteiger partial charge < -0.3 is 9.80 Å². The van der Waals surface area contributed by atoms with Crippen molar-refractivity contribution in [3.63, 3.8) is 0 Å². The summed E-state index contributed by atoms with van der Waals surface area (Å²) in [5.74, 6) is 0. The van der Waals surface area contributed by atoms with Gasteiger partial charge in [-0.05, 0) is 114 Å². The van der Waals surface area contributed by atoms with Crippen molar-refractivity contribution in [3.8, 4) is 44.5 Å². The molecule has 326 valence electrons. The highest BCUT2D eigenvalue weighted by molar-refractivity contribution is 7.21. The second kappa shape index (κ2) is 18.1. The highest BCUT2D eigenvalue weighted by Gasteiger charge is 2.48. The molecule has 1 aliphatic heterocycles. The monoisotopic (exact) mass is 896 g/mol. The van der Waals surface area contributed by atoms with Gasteiger partial charge in [0.25, 0.3) is 0 Å². The van der Waals surface area contributed by atoms with Crippen LogP contribution in [0.15, 0.2) is 291 Å². The maximum atomic E-state index is 2.49. The van der Waals surface area contributed by atoms with Gasteiger partial charge in [0.15, 0.2) is 8.07 Å². The Morgan fingerprint density at radius 3 is 1.23 bits per heavy atom. The molecule has 11 aromatic carbocycles. The number of hydrogen-bond acceptors (Lipinski definition) is 2. The Kier molecular flexibility index (Phi) is 11.0. The van der Waals surface area contributed by atoms with Crippen molar-refractivity contribution in [1.82, 2.24) is 0 Å². The number of benzene rings is 11. The van der Waals surface area contributed by atoms with Crippen LogP contribution in [0.3, 0.4) is 0 Å². The van der Waals surface area contributed by atoms with Crippen molar-refractivity contribution in [2.45, 2.75) is 0 Å². The maximum Gasteiger partial charge on any atom is 0.184 e. The lowest BCUT2D eigenvalue weighted by Crippen LogP contribution is -2.77. The minimum Gasteiger partial charge on any atom is -0.311 e. The topological polar surface area (TPSA) is 6.48 Å². The molecule has 0 bridgehead atoms. The molecule has 11 aromatic rings. The maximum absolute atomic E-state index is 2.80. The summed E-state index contributed by atoms with van der Waals surface area (Å²) in [6.07, 6.45) is 0. The van der Waals surface area contributed by atoms with Gasteiger partial charge in [0.2, 0.25) is 0 Å². The number of fused-ring (bicyclic) bond motifs is 2. The molecule has 0 N–H and O–H groups in total. The molecule has 1 heterocycles. The predicted molar refractivity (Wildman–Crippen MR) is 295 cm³/mol. The van der Waals surface area contributed by atoms with Crippen LogP contribution >= 0.6 is 0 Å². The van der Waals surface area contributed by atoms with Crippen LogP contribution in [0.2, 0.25) is 0 Å². The first kappa shape index (κ1) is 41.7. The molecule has 69 heavy (non-hydrogen) atoms. The lowest BCUT2D eigenvalue weighted by atomic mass is 9.98. The average Bonchev–Trinajstić information content (AvgIpc) is 3.44. The Morgan fingerprint density at radius 1 is 0.275 bits per heavy atom. The highest BCUT2D eigenvalue weighted by atomic mass is 28.3. The molecule has 0 radical (unpaired) electrons. The summed E-state index contributed by atoms with van der Waals surface area (Å²) in [6, 6.07) is 107. The fraction of sp³-hybridized carbons (Fsp3) is 0. The molecule has 2 nitrogen and oxygen atoms in total.